The Kier molecular flexibility index (Phi) is 13.2. The maximum absolute atomic E-state index is 15.7. The van der Waals surface area contributed by atoms with E-state index in [-0.39, 0.29) is 67.4 Å². The quantitative estimate of drug-likeness (QED) is 0.101. The number of methoxy groups -OCH3 is 1. The molecule has 13 nitrogen and oxygen atoms in total. The third-order valence-corrected chi connectivity index (χ3v) is 18.1. The second kappa shape index (κ2) is 18.8. The predicted octanol–water partition coefficient (Wildman–Crippen LogP) is 5.25. The number of aliphatic hydroxyl groups is 1. The summed E-state index contributed by atoms with van der Waals surface area (Å²) in [5.74, 6) is -0.315. The normalized spacial score (nSPS) is 24.1. The molecule has 5 N–H and O–H groups in total. The molecule has 63 heavy (non-hydrogen) atoms. The number of anilines is 3. The van der Waals surface area contributed by atoms with Crippen LogP contribution in [0.2, 0.25) is 18.6 Å². The summed E-state index contributed by atoms with van der Waals surface area (Å²) in [6.07, 6.45) is 2.71. The highest BCUT2D eigenvalue weighted by Gasteiger charge is 2.66. The van der Waals surface area contributed by atoms with Gasteiger partial charge < -0.3 is 45.6 Å². The predicted molar refractivity (Wildman–Crippen MR) is 247 cm³/mol. The van der Waals surface area contributed by atoms with Gasteiger partial charge in [-0.05, 0) is 97.9 Å². The van der Waals surface area contributed by atoms with Crippen molar-refractivity contribution >= 4 is 54.0 Å². The molecule has 0 aromatic heterocycles. The fourth-order valence-electron chi connectivity index (χ4n) is 10.5. The lowest BCUT2D eigenvalue weighted by Crippen LogP contribution is -2.52. The summed E-state index contributed by atoms with van der Waals surface area (Å²) < 4.78 is 12.9. The molecule has 332 valence electrons. The average molecular weight is 873 g/mol. The van der Waals surface area contributed by atoms with Crippen LogP contribution in [0.15, 0.2) is 97.1 Å². The molecular weight excluding hydrogens is 813 g/mol. The van der Waals surface area contributed by atoms with E-state index >= 15 is 4.79 Å². The van der Waals surface area contributed by atoms with Gasteiger partial charge >= 0.3 is 0 Å². The molecule has 8 rings (SSSR count). The van der Waals surface area contributed by atoms with Gasteiger partial charge in [0.15, 0.2) is 5.60 Å². The molecule has 1 spiro atoms. The van der Waals surface area contributed by atoms with Crippen LogP contribution in [0, 0.1) is 5.92 Å². The van der Waals surface area contributed by atoms with Gasteiger partial charge in [-0.15, -0.1) is 0 Å². The van der Waals surface area contributed by atoms with Crippen molar-refractivity contribution in [2.45, 2.75) is 94.5 Å². The molecule has 14 heteroatoms. The first-order valence-corrected chi connectivity index (χ1v) is 25.4. The molecule has 0 aliphatic carbocycles. The summed E-state index contributed by atoms with van der Waals surface area (Å²) in [7, 11) is -0.992. The Hall–Kier alpha value is -5.38. The number of rotatable bonds is 15. The first-order chi connectivity index (χ1) is 30.4. The summed E-state index contributed by atoms with van der Waals surface area (Å²) in [6, 6.07) is 30.4. The van der Waals surface area contributed by atoms with Crippen molar-refractivity contribution < 1.29 is 33.8 Å². The van der Waals surface area contributed by atoms with Crippen LogP contribution in [0.1, 0.15) is 55.7 Å². The Morgan fingerprint density at radius 1 is 0.873 bits per heavy atom. The van der Waals surface area contributed by atoms with E-state index in [0.29, 0.717) is 29.2 Å². The van der Waals surface area contributed by atoms with Gasteiger partial charge in [0.05, 0.1) is 58.6 Å². The first kappa shape index (κ1) is 44.2. The highest BCUT2D eigenvalue weighted by atomic mass is 28.3. The van der Waals surface area contributed by atoms with Gasteiger partial charge in [0.2, 0.25) is 17.7 Å². The lowest BCUT2D eigenvalue weighted by Gasteiger charge is -2.37. The van der Waals surface area contributed by atoms with Gasteiger partial charge in [0.1, 0.15) is 5.75 Å². The molecule has 0 saturated carbocycles. The average Bonchev–Trinajstić information content (AvgIpc) is 4.11. The molecular formula is C49H60N6O7Si. The second-order valence-corrected chi connectivity index (χ2v) is 22.7. The zero-order valence-corrected chi connectivity index (χ0v) is 37.7. The van der Waals surface area contributed by atoms with Crippen LogP contribution in [0.3, 0.4) is 0 Å². The van der Waals surface area contributed by atoms with E-state index in [1.807, 2.05) is 84.9 Å². The van der Waals surface area contributed by atoms with Crippen LogP contribution in [0.25, 0.3) is 0 Å². The number of carbonyl (C=O) groups excluding carboxylic acids is 4. The van der Waals surface area contributed by atoms with Gasteiger partial charge in [0, 0.05) is 35.9 Å². The maximum atomic E-state index is 15.7. The maximum Gasteiger partial charge on any atom is 0.264 e. The van der Waals surface area contributed by atoms with Crippen LogP contribution in [-0.4, -0.2) is 93.2 Å². The Bertz CT molecular complexity index is 2300. The van der Waals surface area contributed by atoms with E-state index in [9.17, 15) is 19.5 Å². The van der Waals surface area contributed by atoms with Gasteiger partial charge in [-0.2, -0.15) is 0 Å². The SMILES string of the molecule is COc1ccc([Si](C)(C)[C@H]2[C@H](CC(=O)N(CCO)Cc3ccccc3)O[C@@]3(C(=O)N(Cc4cccc(NC(=O)[C@H]5CCCN5)c4)c4ccc(NC(=O)[C@H]5CCCN5)cc43)[C@@H]2C)cc1. The summed E-state index contributed by atoms with van der Waals surface area (Å²) in [6.45, 7) is 8.68. The molecule has 4 aromatic rings. The lowest BCUT2D eigenvalue weighted by atomic mass is 9.82. The van der Waals surface area contributed by atoms with Gasteiger partial charge in [-0.3, -0.25) is 19.2 Å². The summed E-state index contributed by atoms with van der Waals surface area (Å²) >= 11 is 0. The third kappa shape index (κ3) is 8.92. The van der Waals surface area contributed by atoms with E-state index in [2.05, 4.69) is 53.4 Å². The number of nitrogens with one attached hydrogen (secondary N) is 4. The molecule has 4 aliphatic rings. The smallest absolute Gasteiger partial charge is 0.264 e. The largest absolute Gasteiger partial charge is 0.497 e. The van der Waals surface area contributed by atoms with Crippen LogP contribution in [-0.2, 0) is 42.6 Å². The first-order valence-electron chi connectivity index (χ1n) is 22.3. The lowest BCUT2D eigenvalue weighted by molar-refractivity contribution is -0.150. The molecule has 4 amide bonds. The number of hydrogen-bond donors (Lipinski definition) is 5. The molecule has 0 unspecified atom stereocenters. The number of amides is 4. The van der Waals surface area contributed by atoms with Crippen LogP contribution >= 0.6 is 0 Å². The third-order valence-electron chi connectivity index (χ3n) is 13.7. The van der Waals surface area contributed by atoms with Crippen molar-refractivity contribution in [1.82, 2.24) is 15.5 Å². The summed E-state index contributed by atoms with van der Waals surface area (Å²) in [4.78, 5) is 60.2. The Morgan fingerprint density at radius 3 is 2.14 bits per heavy atom. The van der Waals surface area contributed by atoms with Crippen molar-refractivity contribution in [2.24, 2.45) is 5.92 Å². The molecule has 0 radical (unpaired) electrons. The molecule has 3 fully saturated rings. The number of fused-ring (bicyclic) bond motifs is 2. The van der Waals surface area contributed by atoms with E-state index in [1.165, 1.54) is 0 Å². The number of benzene rings is 4. The van der Waals surface area contributed by atoms with Crippen LogP contribution in [0.5, 0.6) is 5.75 Å². The zero-order chi connectivity index (χ0) is 44.3. The minimum atomic E-state index is -2.63. The van der Waals surface area contributed by atoms with E-state index < -0.39 is 25.7 Å². The van der Waals surface area contributed by atoms with Crippen molar-refractivity contribution in [3.05, 3.63) is 114 Å². The molecule has 4 heterocycles. The van der Waals surface area contributed by atoms with Crippen molar-refractivity contribution in [3.63, 3.8) is 0 Å². The number of aliphatic hydroxyl groups excluding tert-OH is 1. The number of nitrogens with zero attached hydrogens (tertiary/aromatic N) is 2. The van der Waals surface area contributed by atoms with Crippen molar-refractivity contribution in [2.75, 3.05) is 48.9 Å². The molecule has 6 atom stereocenters. The fourth-order valence-corrected chi connectivity index (χ4v) is 14.5. The van der Waals surface area contributed by atoms with Gasteiger partial charge in [-0.25, -0.2) is 0 Å². The highest BCUT2D eigenvalue weighted by Crippen LogP contribution is 2.60. The van der Waals surface area contributed by atoms with E-state index in [1.54, 1.807) is 16.9 Å². The second-order valence-electron chi connectivity index (χ2n) is 18.0. The summed E-state index contributed by atoms with van der Waals surface area (Å²) in [5.41, 5.74) is 2.53. The Morgan fingerprint density at radius 2 is 1.52 bits per heavy atom. The molecule has 4 aliphatic heterocycles. The highest BCUT2D eigenvalue weighted by molar-refractivity contribution is 6.91. The van der Waals surface area contributed by atoms with Gasteiger partial charge in [0.25, 0.3) is 5.91 Å². The number of ether oxygens (including phenoxy) is 2. The van der Waals surface area contributed by atoms with Gasteiger partial charge in [-0.1, -0.05) is 79.8 Å². The zero-order valence-electron chi connectivity index (χ0n) is 36.7. The van der Waals surface area contributed by atoms with Crippen molar-refractivity contribution in [3.8, 4) is 5.75 Å². The monoisotopic (exact) mass is 872 g/mol. The molecule has 3 saturated heterocycles. The van der Waals surface area contributed by atoms with E-state index in [4.69, 9.17) is 9.47 Å². The number of hydrogen-bond acceptors (Lipinski definition) is 9. The Balaban J connectivity index is 1.19. The molecule has 0 bridgehead atoms. The standard InChI is InChI=1S/C49H60N6O7Si/c1-32-45(63(3,4)38-20-18-37(61-2)19-21-38)43(29-44(57)54(25-26-56)30-33-11-6-5-7-12-33)62-49(32)39-28-36(53-47(59)41-16-10-24-51-41)17-22-42(39)55(48(49)60)31-34-13-8-14-35(27-34)52-46(58)40-15-9-23-50-40/h5-8,11-14,17-22,27-28,32,40-41,43,45,50-51,56H,9-10,15-16,23-26,29-31H2,1-4H3,(H,52,58)(H,53,59)/t32-,40-,41-,43+,45-,49+/m1/s1. The Labute approximate surface area is 370 Å². The van der Waals surface area contributed by atoms with Crippen LogP contribution in [0.4, 0.5) is 17.1 Å². The minimum absolute atomic E-state index is 0.000158. The fraction of sp³-hybridized carbons (Fsp3) is 0.429. The topological polar surface area (TPSA) is 162 Å². The summed E-state index contributed by atoms with van der Waals surface area (Å²) in [5, 5.41) is 24.0. The van der Waals surface area contributed by atoms with E-state index in [0.717, 1.165) is 60.8 Å². The molecule has 4 aromatic carbocycles. The number of carbonyl (C=O) groups is 4. The van der Waals surface area contributed by atoms with Crippen molar-refractivity contribution in [1.29, 1.82) is 0 Å². The minimum Gasteiger partial charge on any atom is -0.497 e. The van der Waals surface area contributed by atoms with Crippen LogP contribution < -0.4 is 36.1 Å².